The Hall–Kier alpha value is -6.97. The van der Waals surface area contributed by atoms with Gasteiger partial charge in [0.2, 0.25) is 0 Å². The predicted molar refractivity (Wildman–Crippen MR) is 245 cm³/mol. The van der Waals surface area contributed by atoms with Gasteiger partial charge in [-0.3, -0.25) is 0 Å². The van der Waals surface area contributed by atoms with Gasteiger partial charge in [0.25, 0.3) is 0 Å². The fourth-order valence-electron chi connectivity index (χ4n) is 11.3. The van der Waals surface area contributed by atoms with Crippen molar-refractivity contribution in [1.29, 1.82) is 0 Å². The molecule has 0 amide bonds. The van der Waals surface area contributed by atoms with Crippen LogP contribution < -0.4 is 0 Å². The Kier molecular flexibility index (Phi) is 7.01. The van der Waals surface area contributed by atoms with Crippen LogP contribution in [0.1, 0.15) is 65.2 Å². The molecule has 0 spiro atoms. The highest BCUT2D eigenvalue weighted by Gasteiger charge is 2.38. The first-order valence-corrected chi connectivity index (χ1v) is 21.2. The van der Waals surface area contributed by atoms with Crippen LogP contribution >= 0.6 is 0 Å². The smallest absolute Gasteiger partial charge is 0.139 e. The Labute approximate surface area is 342 Å². The summed E-state index contributed by atoms with van der Waals surface area (Å²) in [5, 5.41) is 9.07. The number of rotatable bonds is 4. The third-order valence-corrected chi connectivity index (χ3v) is 13.8. The van der Waals surface area contributed by atoms with Crippen LogP contribution in [-0.4, -0.2) is 10.1 Å². The van der Waals surface area contributed by atoms with E-state index in [1.54, 1.807) is 0 Å². The average molecular weight is 757 g/mol. The number of hydrogen-bond donors (Lipinski definition) is 0. The van der Waals surface area contributed by atoms with Crippen molar-refractivity contribution in [2.45, 2.75) is 38.0 Å². The second-order valence-electron chi connectivity index (χ2n) is 16.7. The molecule has 3 heteroatoms. The SMILES string of the molecule is CCC1C(c2ccc([C@@H]3CCc4cc5c6ccccc6n6c7c8ccccc8ccc7c(c4-c4ccccc43)c56)cc2)=Nc2c(oc3ccccc23)C1c1ccccc1. The molecule has 8 aromatic carbocycles. The minimum Gasteiger partial charge on any atom is -0.458 e. The van der Waals surface area contributed by atoms with E-state index in [9.17, 15) is 0 Å². The van der Waals surface area contributed by atoms with Gasteiger partial charge in [-0.1, -0.05) is 153 Å². The molecule has 3 aromatic heterocycles. The Morgan fingerprint density at radius 2 is 1.37 bits per heavy atom. The number of nitrogens with zero attached hydrogens (tertiary/aromatic N) is 2. The summed E-state index contributed by atoms with van der Waals surface area (Å²) in [7, 11) is 0. The molecule has 0 radical (unpaired) electrons. The minimum atomic E-state index is 0.0903. The van der Waals surface area contributed by atoms with Crippen molar-refractivity contribution in [1.82, 2.24) is 4.40 Å². The number of para-hydroxylation sites is 2. The van der Waals surface area contributed by atoms with Crippen LogP contribution in [-0.2, 0) is 6.42 Å². The molecule has 13 rings (SSSR count). The molecule has 0 bridgehead atoms. The molecule has 0 saturated heterocycles. The highest BCUT2D eigenvalue weighted by Crippen LogP contribution is 2.52. The highest BCUT2D eigenvalue weighted by molar-refractivity contribution is 6.30. The zero-order valence-electron chi connectivity index (χ0n) is 32.8. The van der Waals surface area contributed by atoms with Gasteiger partial charge in [0.05, 0.1) is 28.2 Å². The topological polar surface area (TPSA) is 29.9 Å². The van der Waals surface area contributed by atoms with Crippen molar-refractivity contribution in [2.24, 2.45) is 10.9 Å². The van der Waals surface area contributed by atoms with Crippen molar-refractivity contribution in [3.63, 3.8) is 0 Å². The molecular formula is C56H40N2O. The summed E-state index contributed by atoms with van der Waals surface area (Å²) >= 11 is 0. The van der Waals surface area contributed by atoms with Crippen molar-refractivity contribution in [3.8, 4) is 11.1 Å². The van der Waals surface area contributed by atoms with E-state index in [1.165, 1.54) is 87.8 Å². The van der Waals surface area contributed by atoms with Gasteiger partial charge in [-0.15, -0.1) is 0 Å². The Balaban J connectivity index is 0.971. The van der Waals surface area contributed by atoms with E-state index >= 15 is 0 Å². The molecule has 2 unspecified atom stereocenters. The second-order valence-corrected chi connectivity index (χ2v) is 16.7. The summed E-state index contributed by atoms with van der Waals surface area (Å²) in [6, 6.07) is 63.0. The zero-order valence-corrected chi connectivity index (χ0v) is 32.8. The van der Waals surface area contributed by atoms with Gasteiger partial charge in [0.15, 0.2) is 0 Å². The zero-order chi connectivity index (χ0) is 38.8. The van der Waals surface area contributed by atoms with Crippen LogP contribution in [0.25, 0.3) is 71.0 Å². The quantitative estimate of drug-likeness (QED) is 0.176. The van der Waals surface area contributed by atoms with Crippen molar-refractivity contribution < 1.29 is 4.42 Å². The van der Waals surface area contributed by atoms with Crippen LogP contribution in [0.4, 0.5) is 5.69 Å². The molecule has 0 fully saturated rings. The molecule has 3 nitrogen and oxygen atoms in total. The van der Waals surface area contributed by atoms with Gasteiger partial charge in [-0.05, 0) is 87.9 Å². The van der Waals surface area contributed by atoms with Gasteiger partial charge in [0, 0.05) is 44.2 Å². The largest absolute Gasteiger partial charge is 0.458 e. The molecule has 0 saturated carbocycles. The predicted octanol–water partition coefficient (Wildman–Crippen LogP) is 14.8. The summed E-state index contributed by atoms with van der Waals surface area (Å²) in [5.74, 6) is 1.51. The molecule has 280 valence electrons. The van der Waals surface area contributed by atoms with E-state index in [2.05, 4.69) is 181 Å². The van der Waals surface area contributed by atoms with Crippen LogP contribution in [0.15, 0.2) is 179 Å². The standard InChI is InChI=1S/C56H40N2O/c1-2-38-50(35-15-4-3-5-16-35)56-53(44-21-11-13-23-48(44)59-56)57-52(38)36-26-24-34(25-27-36)39-30-29-37-32-46-42-19-10-12-22-47(42)58-54-40-17-7-6-14-33(40)28-31-45(54)51(55(46)58)49(37)43-20-9-8-18-41(39)43/h3-28,31-32,38-39,50H,2,29-30H2,1H3/t38?,39-,50?/m0/s1. The number of hydrogen-bond acceptors (Lipinski definition) is 2. The summed E-state index contributed by atoms with van der Waals surface area (Å²) < 4.78 is 9.20. The van der Waals surface area contributed by atoms with Crippen molar-refractivity contribution >= 4 is 71.2 Å². The first-order valence-electron chi connectivity index (χ1n) is 21.2. The average Bonchev–Trinajstić information content (AvgIpc) is 3.92. The summed E-state index contributed by atoms with van der Waals surface area (Å²) in [6.07, 6.45) is 3.00. The summed E-state index contributed by atoms with van der Waals surface area (Å²) in [5.41, 5.74) is 16.4. The lowest BCUT2D eigenvalue weighted by atomic mass is 9.75. The lowest BCUT2D eigenvalue weighted by Gasteiger charge is -2.31. The van der Waals surface area contributed by atoms with E-state index in [1.807, 2.05) is 0 Å². The fraction of sp³-hybridized carbons (Fsp3) is 0.125. The number of aryl methyl sites for hydroxylation is 1. The van der Waals surface area contributed by atoms with Crippen molar-refractivity contribution in [2.75, 3.05) is 0 Å². The minimum absolute atomic E-state index is 0.0903. The van der Waals surface area contributed by atoms with Gasteiger partial charge in [0.1, 0.15) is 17.0 Å². The van der Waals surface area contributed by atoms with Crippen LogP contribution in [0.3, 0.4) is 0 Å². The molecule has 0 N–H and O–H groups in total. The number of aliphatic imine (C=N–C) groups is 1. The van der Waals surface area contributed by atoms with Gasteiger partial charge < -0.3 is 8.82 Å². The molecule has 1 aliphatic heterocycles. The monoisotopic (exact) mass is 756 g/mol. The highest BCUT2D eigenvalue weighted by atomic mass is 16.3. The Bertz CT molecular complexity index is 3490. The van der Waals surface area contributed by atoms with E-state index in [0.717, 1.165) is 47.4 Å². The van der Waals surface area contributed by atoms with Crippen molar-refractivity contribution in [3.05, 3.63) is 203 Å². The molecule has 2 aliphatic rings. The molecule has 1 aliphatic carbocycles. The molecular weight excluding hydrogens is 717 g/mol. The van der Waals surface area contributed by atoms with Gasteiger partial charge in [-0.25, -0.2) is 4.99 Å². The van der Waals surface area contributed by atoms with E-state index in [4.69, 9.17) is 9.41 Å². The van der Waals surface area contributed by atoms with Gasteiger partial charge >= 0.3 is 0 Å². The summed E-state index contributed by atoms with van der Waals surface area (Å²) in [4.78, 5) is 5.48. The number of aromatic nitrogens is 1. The second kappa shape index (κ2) is 12.5. The van der Waals surface area contributed by atoms with Crippen LogP contribution in [0.5, 0.6) is 0 Å². The molecule has 11 aromatic rings. The Morgan fingerprint density at radius 3 is 2.24 bits per heavy atom. The lowest BCUT2D eigenvalue weighted by molar-refractivity contribution is 0.459. The number of furan rings is 1. The maximum Gasteiger partial charge on any atom is 0.139 e. The van der Waals surface area contributed by atoms with Crippen LogP contribution in [0, 0.1) is 5.92 Å². The van der Waals surface area contributed by atoms with Crippen LogP contribution in [0.2, 0.25) is 0 Å². The van der Waals surface area contributed by atoms with E-state index < -0.39 is 0 Å². The normalized spacial score (nSPS) is 17.8. The third kappa shape index (κ3) is 4.62. The third-order valence-electron chi connectivity index (χ3n) is 13.8. The van der Waals surface area contributed by atoms with Gasteiger partial charge in [-0.2, -0.15) is 0 Å². The molecule has 59 heavy (non-hydrogen) atoms. The molecule has 4 heterocycles. The fourth-order valence-corrected chi connectivity index (χ4v) is 11.3. The first-order chi connectivity index (χ1) is 29.2. The van der Waals surface area contributed by atoms with E-state index in [0.29, 0.717) is 0 Å². The maximum absolute atomic E-state index is 6.63. The Morgan fingerprint density at radius 1 is 0.627 bits per heavy atom. The van der Waals surface area contributed by atoms with E-state index in [-0.39, 0.29) is 17.8 Å². The molecule has 3 atom stereocenters. The maximum atomic E-state index is 6.63. The summed E-state index contributed by atoms with van der Waals surface area (Å²) in [6.45, 7) is 2.29. The lowest BCUT2D eigenvalue weighted by Crippen LogP contribution is -2.26. The number of benzene rings is 8. The first kappa shape index (κ1) is 33.0. The number of fused-ring (bicyclic) bond motifs is 15.